The Balaban J connectivity index is 0.00000903. The molecule has 4 nitrogen and oxygen atoms in total. The average Bonchev–Trinajstić information content (AvgIpc) is 3.82. The number of fused-ring (bicyclic) bond motifs is 1. The van der Waals surface area contributed by atoms with Crippen molar-refractivity contribution in [3.63, 3.8) is 0 Å². The molecule has 342 valence electrons. The smallest absolute Gasteiger partial charge is 0.148 e. The molecule has 66 heavy (non-hydrogen) atoms. The van der Waals surface area contributed by atoms with Crippen LogP contribution < -0.4 is 0 Å². The number of pyridine rings is 1. The van der Waals surface area contributed by atoms with Gasteiger partial charge in [0.1, 0.15) is 11.6 Å². The van der Waals surface area contributed by atoms with E-state index in [-0.39, 0.29) is 55.2 Å². The molecule has 0 saturated heterocycles. The van der Waals surface area contributed by atoms with Gasteiger partial charge in [-0.1, -0.05) is 186 Å². The predicted molar refractivity (Wildman–Crippen MR) is 275 cm³/mol. The topological polar surface area (TPSA) is 50.9 Å². The van der Waals surface area contributed by atoms with Gasteiger partial charge in [0.25, 0.3) is 0 Å². The van der Waals surface area contributed by atoms with Gasteiger partial charge in [-0.15, -0.1) is 29.3 Å². The van der Waals surface area contributed by atoms with Crippen molar-refractivity contribution >= 4 is 11.0 Å². The van der Waals surface area contributed by atoms with Crippen LogP contribution in [0.3, 0.4) is 0 Å². The molecule has 0 radical (unpaired) electrons. The van der Waals surface area contributed by atoms with E-state index in [9.17, 15) is 5.11 Å². The summed E-state index contributed by atoms with van der Waals surface area (Å²) < 4.78 is 113. The Labute approximate surface area is 427 Å². The Morgan fingerprint density at radius 2 is 1.38 bits per heavy atom. The van der Waals surface area contributed by atoms with Gasteiger partial charge in [-0.25, -0.2) is 4.98 Å². The first-order chi connectivity index (χ1) is 36.2. The largest absolute Gasteiger partial charge is 0.507 e. The van der Waals surface area contributed by atoms with E-state index in [0.717, 1.165) is 51.0 Å². The fraction of sp³-hybridized carbons (Fsp3) is 0.311. The van der Waals surface area contributed by atoms with Crippen LogP contribution in [0.1, 0.15) is 154 Å². The molecule has 6 aromatic carbocycles. The van der Waals surface area contributed by atoms with Gasteiger partial charge in [-0.05, 0) is 104 Å². The molecule has 0 fully saturated rings. The number of nitrogens with zero attached hydrogens (tertiary/aromatic N) is 3. The summed E-state index contributed by atoms with van der Waals surface area (Å²) in [5.74, 6) is 0.825. The summed E-state index contributed by atoms with van der Waals surface area (Å²) in [5, 5.41) is 12.4. The number of para-hydroxylation sites is 1. The van der Waals surface area contributed by atoms with Crippen molar-refractivity contribution in [2.75, 3.05) is 0 Å². The molecule has 8 aromatic rings. The molecule has 0 saturated carbocycles. The van der Waals surface area contributed by atoms with Gasteiger partial charge < -0.3 is 5.11 Å². The normalized spacial score (nSPS) is 15.7. The summed E-state index contributed by atoms with van der Waals surface area (Å²) in [7, 11) is 0. The molecule has 0 spiro atoms. The van der Waals surface area contributed by atoms with Gasteiger partial charge in [-0.2, -0.15) is 0 Å². The molecule has 0 aliphatic rings. The number of hydrogen-bond acceptors (Lipinski definition) is 3. The Morgan fingerprint density at radius 1 is 0.667 bits per heavy atom. The molecule has 0 aliphatic carbocycles. The average molecular weight is 1070 g/mol. The molecular weight excluding hydrogens is 986 g/mol. The van der Waals surface area contributed by atoms with E-state index >= 15 is 0 Å². The number of benzene rings is 6. The number of aromatic nitrogens is 3. The Kier molecular flexibility index (Phi) is 9.54. The van der Waals surface area contributed by atoms with E-state index in [1.165, 1.54) is 17.8 Å². The van der Waals surface area contributed by atoms with Crippen LogP contribution in [0, 0.1) is 6.07 Å². The fourth-order valence-electron chi connectivity index (χ4n) is 8.23. The molecule has 2 heterocycles. The fourth-order valence-corrected chi connectivity index (χ4v) is 8.23. The zero-order valence-electron chi connectivity index (χ0n) is 52.4. The van der Waals surface area contributed by atoms with Crippen molar-refractivity contribution in [1.29, 1.82) is 0 Å². The van der Waals surface area contributed by atoms with E-state index in [1.54, 1.807) is 6.07 Å². The maximum atomic E-state index is 12.4. The van der Waals surface area contributed by atoms with Crippen LogP contribution in [-0.2, 0) is 37.3 Å². The van der Waals surface area contributed by atoms with Crippen LogP contribution in [0.25, 0.3) is 72.7 Å². The van der Waals surface area contributed by atoms with Crippen molar-refractivity contribution < 1.29 is 44.0 Å². The molecule has 8 rings (SSSR count). The molecule has 0 amide bonds. The van der Waals surface area contributed by atoms with E-state index < -0.39 is 61.1 Å². The molecule has 0 unspecified atom stereocenters. The second kappa shape index (κ2) is 18.6. The van der Waals surface area contributed by atoms with Crippen molar-refractivity contribution in [2.24, 2.45) is 0 Å². The van der Waals surface area contributed by atoms with Crippen LogP contribution in [0.2, 0.25) is 0 Å². The predicted octanol–water partition coefficient (Wildman–Crippen LogP) is 16.8. The van der Waals surface area contributed by atoms with Crippen LogP contribution >= 0.6 is 0 Å². The third-order valence-corrected chi connectivity index (χ3v) is 12.7. The molecule has 5 heteroatoms. The van der Waals surface area contributed by atoms with Crippen LogP contribution in [-0.4, -0.2) is 19.6 Å². The zero-order valence-corrected chi connectivity index (χ0v) is 41.6. The zero-order chi connectivity index (χ0) is 57.6. The van der Waals surface area contributed by atoms with E-state index in [1.807, 2.05) is 48.5 Å². The van der Waals surface area contributed by atoms with Gasteiger partial charge >= 0.3 is 0 Å². The third kappa shape index (κ3) is 9.50. The quantitative estimate of drug-likeness (QED) is 0.139. The first-order valence-corrected chi connectivity index (χ1v) is 22.4. The summed E-state index contributed by atoms with van der Waals surface area (Å²) in [6.45, 7) is 9.85. The summed E-state index contributed by atoms with van der Waals surface area (Å²) in [6.07, 6.45) is 2.34. The number of rotatable bonds is 10. The SMILES string of the molecule is [2H]c1c([2H])c(C(C([2H])([2H])[2H])(C([2H])([2H])[2H])C([2H])([2H])[2H])c([2H])c([2H])c1-c1ccnc(-c2[c-]c(-c3cccc4c3nc(-c3cc(C(C)C)cc(C(C)C)c3O)n4-c3ccc(C(C)(C)CC)cc3-c3ccccc3)cc(C(C)(C)C)c2)c1.[Pt]. The van der Waals surface area contributed by atoms with Gasteiger partial charge in [0, 0.05) is 50.9 Å². The number of imidazole rings is 1. The van der Waals surface area contributed by atoms with Gasteiger partial charge in [0.05, 0.1) is 27.8 Å². The second-order valence-corrected chi connectivity index (χ2v) is 19.5. The Bertz CT molecular complexity index is 3540. The summed E-state index contributed by atoms with van der Waals surface area (Å²) >= 11 is 0. The molecular formula is C61H66N3OPt-. The third-order valence-electron chi connectivity index (χ3n) is 12.7. The van der Waals surface area contributed by atoms with E-state index in [2.05, 4.69) is 122 Å². The van der Waals surface area contributed by atoms with Crippen molar-refractivity contribution in [3.8, 4) is 67.5 Å². The molecule has 0 bridgehead atoms. The Morgan fingerprint density at radius 3 is 2.03 bits per heavy atom. The molecule has 1 N–H and O–H groups in total. The van der Waals surface area contributed by atoms with Crippen molar-refractivity contribution in [3.05, 3.63) is 167 Å². The van der Waals surface area contributed by atoms with Crippen molar-refractivity contribution in [2.45, 2.75) is 124 Å². The van der Waals surface area contributed by atoms with Gasteiger partial charge in [0.15, 0.2) is 0 Å². The second-order valence-electron chi connectivity index (χ2n) is 19.5. The Hall–Kier alpha value is -5.57. The number of hydrogen-bond donors (Lipinski definition) is 1. The first kappa shape index (κ1) is 33.8. The molecule has 0 aliphatic heterocycles. The summed E-state index contributed by atoms with van der Waals surface area (Å²) in [5.41, 5.74) is 5.22. The van der Waals surface area contributed by atoms with E-state index in [0.29, 0.717) is 33.7 Å². The van der Waals surface area contributed by atoms with Crippen LogP contribution in [0.5, 0.6) is 5.75 Å². The number of phenolic OH excluding ortho intramolecular Hbond substituents is 1. The molecule has 0 atom stereocenters. The minimum atomic E-state index is -3.81. The van der Waals surface area contributed by atoms with Crippen LogP contribution in [0.4, 0.5) is 0 Å². The minimum Gasteiger partial charge on any atom is -0.507 e. The van der Waals surface area contributed by atoms with E-state index in [4.69, 9.17) is 27.8 Å². The number of aromatic hydroxyl groups is 1. The maximum absolute atomic E-state index is 12.4. The standard InChI is InChI=1S/C61H66N3O.Pt/c1-14-61(12,13)47-27-28-54(51(37-47)41-19-16-15-17-20-41)64-55-22-18-21-49(56(55)63-58(64)52-35-43(38(2)3)34-50(39(4)5)57(52)65)44-31-45(33-48(32-44)60(9,10)11)53-36-42(29-30-62-53)40-23-25-46(26-24-40)59(6,7)8;/h15-30,32-39,65H,14H2,1-13H3;/q-1;/i6D3,7D3,8D3,23D,24D,25D,26D;. The van der Waals surface area contributed by atoms with Gasteiger partial charge in [-0.3, -0.25) is 9.55 Å². The van der Waals surface area contributed by atoms with Crippen LogP contribution in [0.15, 0.2) is 133 Å². The summed E-state index contributed by atoms with van der Waals surface area (Å²) in [6, 6.07) is 33.7. The summed E-state index contributed by atoms with van der Waals surface area (Å²) in [4.78, 5) is 10.3. The maximum Gasteiger partial charge on any atom is 0.148 e. The minimum absolute atomic E-state index is 0. The van der Waals surface area contributed by atoms with Gasteiger partial charge in [0.2, 0.25) is 0 Å². The first-order valence-electron chi connectivity index (χ1n) is 28.9. The monoisotopic (exact) mass is 1060 g/mol. The molecule has 2 aromatic heterocycles. The number of phenols is 1. The van der Waals surface area contributed by atoms with Crippen molar-refractivity contribution in [1.82, 2.24) is 14.5 Å².